The van der Waals surface area contributed by atoms with Crippen molar-refractivity contribution in [3.63, 3.8) is 0 Å². The van der Waals surface area contributed by atoms with Gasteiger partial charge < -0.3 is 17.7 Å². The second-order valence-corrected chi connectivity index (χ2v) is 27.9. The Morgan fingerprint density at radius 2 is 0.720 bits per heavy atom. The van der Waals surface area contributed by atoms with E-state index < -0.39 is 37.8 Å². The van der Waals surface area contributed by atoms with Crippen LogP contribution in [0.25, 0.3) is 133 Å². The Balaban J connectivity index is 0.000000130. The zero-order valence-corrected chi connectivity index (χ0v) is 59.6. The molecule has 0 aliphatic carbocycles. The van der Waals surface area contributed by atoms with Gasteiger partial charge in [0.1, 0.15) is 28.2 Å². The van der Waals surface area contributed by atoms with Gasteiger partial charge in [0.25, 0.3) is 0 Å². The molecule has 0 aliphatic heterocycles. The third-order valence-corrected chi connectivity index (χ3v) is 18.5. The maximum Gasteiger partial charge on any atom is 0.227 e. The van der Waals surface area contributed by atoms with Crippen molar-refractivity contribution in [1.82, 2.24) is 19.9 Å². The van der Waals surface area contributed by atoms with Crippen LogP contribution in [0.1, 0.15) is 135 Å². The van der Waals surface area contributed by atoms with Crippen LogP contribution in [0.15, 0.2) is 212 Å². The zero-order valence-electron chi connectivity index (χ0n) is 70.6. The molecule has 0 fully saturated rings. The number of aryl methyl sites for hydroxylation is 8. The highest BCUT2D eigenvalue weighted by Crippen LogP contribution is 2.42. The first kappa shape index (κ1) is 55.2. The molecule has 0 spiro atoms. The summed E-state index contributed by atoms with van der Waals surface area (Å²) in [6.07, 6.45) is 7.87. The summed E-state index contributed by atoms with van der Waals surface area (Å²) in [4.78, 5) is 18.5. The van der Waals surface area contributed by atoms with Crippen LogP contribution < -0.4 is 18.3 Å². The number of furan rings is 4. The van der Waals surface area contributed by atoms with Crippen LogP contribution in [0, 0.1) is 39.0 Å². The molecular formula is C88H92N8O4+4. The van der Waals surface area contributed by atoms with Gasteiger partial charge in [-0.25, -0.2) is 38.2 Å². The largest absolute Gasteiger partial charge is 0.437 e. The lowest BCUT2D eigenvalue weighted by molar-refractivity contribution is -0.660. The quantitative estimate of drug-likeness (QED) is 0.138. The van der Waals surface area contributed by atoms with E-state index in [0.29, 0.717) is 45.5 Å². The molecule has 0 bridgehead atoms. The van der Waals surface area contributed by atoms with Crippen molar-refractivity contribution < 1.29 is 51.0 Å². The van der Waals surface area contributed by atoms with Gasteiger partial charge in [0.05, 0.1) is 22.3 Å². The van der Waals surface area contributed by atoms with E-state index in [1.54, 1.807) is 12.1 Å². The highest BCUT2D eigenvalue weighted by atomic mass is 16.4. The fraction of sp³-hybridized carbons (Fsp3) is 0.273. The normalized spacial score (nSPS) is 14.7. The standard InChI is InChI=1S/C23H25N2O.2C22H23N2O.C21H21N2O/c1-15-9-11-17-18-12-10-16(14-23(2,3)4)24-22(18)26-21(17)20(15)19-8-6-7-13-25(19)5;1-14-9-10-15-16-11-12-18(22(2,3)4)23-21(16)25-20(15)19(14)17-8-6-7-13-24(17)5;1-14(2)13-16-9-11-18-17-10-8-15(3)20(21(17)25-22(18)23-16)19-7-5-6-12-24(19)4;1-13(2)17-11-10-16-15-9-8-14(3)19(20(15)24-21(16)22-17)18-7-5-6-12-23(18)4/h6-13H,14H2,1-5H3;6-13H,1-5H3;5-12,14H,13H2,1-4H3;5-13H,1-4H3/q4*+1/i2D3,3D3;;1D3,14D;13D. The first-order chi connectivity index (χ1) is 52.1. The third kappa shape index (κ3) is 13.4. The van der Waals surface area contributed by atoms with Crippen LogP contribution in [0.2, 0.25) is 0 Å². The second kappa shape index (κ2) is 27.2. The van der Waals surface area contributed by atoms with Gasteiger partial charge in [-0.15, -0.1) is 0 Å². The lowest BCUT2D eigenvalue weighted by Gasteiger charge is -2.16. The average Bonchev–Trinajstić information content (AvgIpc) is 1.03. The van der Waals surface area contributed by atoms with Crippen LogP contribution in [-0.4, -0.2) is 19.9 Å². The molecule has 4 aromatic carbocycles. The molecule has 0 aliphatic rings. The highest BCUT2D eigenvalue weighted by molar-refractivity contribution is 6.12. The molecule has 12 heterocycles. The number of hydrogen-bond acceptors (Lipinski definition) is 8. The van der Waals surface area contributed by atoms with Gasteiger partial charge in [-0.1, -0.05) is 118 Å². The molecule has 504 valence electrons. The Hall–Kier alpha value is -10.7. The SMILES string of the molecule is Cc1ccc2c(oc3nc(C(C)(C)C)ccc32)c1-c1cccc[n+]1C.[2H]C(C)(C)c1ccc2c(n1)oc1c(-c3cccc[n+]3C)c(C)ccc12.[2H]C([2H])([2H])C(C)(Cc1ccc2c(n1)oc1c(-c3cccc[n+]3C)c(C)ccc12)C([2H])([2H])[2H].[2H]C([2H])([2H])C([2H])(C)Cc1ccc2c(n1)oc1c(-c3cccc[n+]3C)c(C)ccc12. The average molecular weight is 1340 g/mol. The van der Waals surface area contributed by atoms with Crippen LogP contribution in [-0.2, 0) is 46.4 Å². The maximum absolute atomic E-state index is 8.21. The lowest BCUT2D eigenvalue weighted by Crippen LogP contribution is -2.30. The summed E-state index contributed by atoms with van der Waals surface area (Å²) >= 11 is 0. The minimum atomic E-state index is -2.67. The molecule has 0 N–H and O–H groups in total. The molecule has 1 unspecified atom stereocenters. The lowest BCUT2D eigenvalue weighted by atomic mass is 9.90. The van der Waals surface area contributed by atoms with Crippen LogP contribution in [0.4, 0.5) is 0 Å². The third-order valence-electron chi connectivity index (χ3n) is 18.5. The molecule has 0 saturated heterocycles. The first-order valence-corrected chi connectivity index (χ1v) is 33.7. The van der Waals surface area contributed by atoms with Gasteiger partial charge in [-0.2, -0.15) is 0 Å². The fourth-order valence-electron chi connectivity index (χ4n) is 13.3. The van der Waals surface area contributed by atoms with Gasteiger partial charge in [0.2, 0.25) is 45.6 Å². The second-order valence-electron chi connectivity index (χ2n) is 27.9. The summed E-state index contributed by atoms with van der Waals surface area (Å²) in [5.41, 5.74) is 19.1. The predicted molar refractivity (Wildman–Crippen MR) is 406 cm³/mol. The number of pyridine rings is 8. The number of aromatic nitrogens is 8. The Labute approximate surface area is 601 Å². The molecular weight excluding hydrogens is 1230 g/mol. The minimum Gasteiger partial charge on any atom is -0.437 e. The summed E-state index contributed by atoms with van der Waals surface area (Å²) in [6, 6.07) is 56.4. The summed E-state index contributed by atoms with van der Waals surface area (Å²) in [5.74, 6) is -2.36. The number of benzene rings is 4. The van der Waals surface area contributed by atoms with Crippen molar-refractivity contribution in [3.8, 4) is 45.0 Å². The summed E-state index contributed by atoms with van der Waals surface area (Å²) in [5, 5.41) is 7.78. The van der Waals surface area contributed by atoms with Crippen LogP contribution in [0.5, 0.6) is 0 Å². The Bertz CT molecular complexity index is 6080. The molecule has 1 atom stereocenters. The van der Waals surface area contributed by atoms with Gasteiger partial charge in [0.15, 0.2) is 47.1 Å². The van der Waals surface area contributed by atoms with Gasteiger partial charge >= 0.3 is 0 Å². The van der Waals surface area contributed by atoms with E-state index >= 15 is 0 Å². The fourth-order valence-corrected chi connectivity index (χ4v) is 13.3. The number of hydrogen-bond donors (Lipinski definition) is 0. The smallest absolute Gasteiger partial charge is 0.227 e. The van der Waals surface area contributed by atoms with Gasteiger partial charge in [-0.05, 0) is 153 Å². The van der Waals surface area contributed by atoms with Crippen molar-refractivity contribution in [2.45, 2.75) is 121 Å². The first-order valence-electron chi connectivity index (χ1n) is 39.2. The van der Waals surface area contributed by atoms with Crippen molar-refractivity contribution in [2.24, 2.45) is 39.5 Å². The summed E-state index contributed by atoms with van der Waals surface area (Å²) < 4.78 is 119. The number of fused-ring (bicyclic) bond motifs is 12. The van der Waals surface area contributed by atoms with Crippen LogP contribution >= 0.6 is 0 Å². The van der Waals surface area contributed by atoms with E-state index in [0.717, 1.165) is 127 Å². The molecule has 100 heavy (non-hydrogen) atoms. The Morgan fingerprint density at radius 3 is 1.07 bits per heavy atom. The van der Waals surface area contributed by atoms with Crippen molar-refractivity contribution in [1.29, 1.82) is 0 Å². The molecule has 12 heteroatoms. The minimum absolute atomic E-state index is 0.00220. The van der Waals surface area contributed by atoms with E-state index in [9.17, 15) is 0 Å². The molecule has 0 saturated carbocycles. The number of nitrogens with zero attached hydrogens (tertiary/aromatic N) is 8. The van der Waals surface area contributed by atoms with E-state index in [4.69, 9.17) is 37.7 Å². The molecule has 16 rings (SSSR count). The van der Waals surface area contributed by atoms with E-state index in [2.05, 4.69) is 150 Å². The molecule has 0 radical (unpaired) electrons. The van der Waals surface area contributed by atoms with Crippen LogP contribution in [0.3, 0.4) is 0 Å². The molecule has 0 amide bonds. The van der Waals surface area contributed by atoms with Crippen molar-refractivity contribution >= 4 is 88.3 Å². The monoisotopic (exact) mass is 1340 g/mol. The Morgan fingerprint density at radius 1 is 0.390 bits per heavy atom. The summed E-state index contributed by atoms with van der Waals surface area (Å²) in [6.45, 7) is 13.4. The van der Waals surface area contributed by atoms with E-state index in [1.807, 2.05) is 156 Å². The van der Waals surface area contributed by atoms with Crippen molar-refractivity contribution in [2.75, 3.05) is 0 Å². The summed E-state index contributed by atoms with van der Waals surface area (Å²) in [7, 11) is 8.06. The topological polar surface area (TPSA) is 120 Å². The van der Waals surface area contributed by atoms with Gasteiger partial charge in [-0.3, -0.25) is 0 Å². The predicted octanol–water partition coefficient (Wildman–Crippen LogP) is 20.3. The molecule has 16 aromatic rings. The van der Waals surface area contributed by atoms with Crippen molar-refractivity contribution in [3.05, 3.63) is 240 Å². The van der Waals surface area contributed by atoms with E-state index in [-0.39, 0.29) is 18.3 Å². The molecule has 12 aromatic heterocycles. The molecule has 12 nitrogen and oxygen atoms in total. The number of rotatable bonds is 8. The maximum atomic E-state index is 8.21. The highest BCUT2D eigenvalue weighted by Gasteiger charge is 2.27. The Kier molecular flexibility index (Phi) is 15.0. The van der Waals surface area contributed by atoms with Gasteiger partial charge in [0, 0.05) is 135 Å². The van der Waals surface area contributed by atoms with E-state index in [1.165, 1.54) is 19.4 Å². The zero-order chi connectivity index (χ0) is 80.0.